The van der Waals surface area contributed by atoms with Crippen LogP contribution < -0.4 is 5.32 Å². The number of anilines is 1. The van der Waals surface area contributed by atoms with Gasteiger partial charge in [-0.2, -0.15) is 0 Å². The van der Waals surface area contributed by atoms with Gasteiger partial charge in [-0.3, -0.25) is 4.79 Å². The zero-order valence-electron chi connectivity index (χ0n) is 19.4. The number of H-pyrrole nitrogens is 1. The monoisotopic (exact) mass is 471 g/mol. The maximum Gasteiger partial charge on any atom is 0.256 e. The Kier molecular flexibility index (Phi) is 7.07. The van der Waals surface area contributed by atoms with Gasteiger partial charge in [0.05, 0.1) is 22.8 Å². The molecule has 2 aromatic rings. The number of hydrogen-bond donors (Lipinski definition) is 3. The number of fused-ring (bicyclic) bond motifs is 2. The summed E-state index contributed by atoms with van der Waals surface area (Å²) in [4.78, 5) is 18.8. The van der Waals surface area contributed by atoms with Crippen LogP contribution in [-0.2, 0) is 33.9 Å². The second-order valence-corrected chi connectivity index (χ2v) is 11.2. The van der Waals surface area contributed by atoms with Gasteiger partial charge in [-0.25, -0.2) is 8.42 Å². The second kappa shape index (κ2) is 9.83. The molecule has 0 fully saturated rings. The van der Waals surface area contributed by atoms with Gasteiger partial charge in [0, 0.05) is 29.2 Å². The third-order valence-corrected chi connectivity index (χ3v) is 8.43. The lowest BCUT2D eigenvalue weighted by molar-refractivity contribution is -0.110. The average Bonchev–Trinajstić information content (AvgIpc) is 3.30. The van der Waals surface area contributed by atoms with E-state index in [-0.39, 0.29) is 23.2 Å². The van der Waals surface area contributed by atoms with Crippen LogP contribution in [0.25, 0.3) is 11.6 Å². The Balaban J connectivity index is 1.70. The fourth-order valence-corrected chi connectivity index (χ4v) is 5.71. The highest BCUT2D eigenvalue weighted by atomic mass is 32.2. The van der Waals surface area contributed by atoms with Crippen molar-refractivity contribution in [1.29, 1.82) is 0 Å². The number of aliphatic hydroxyl groups excluding tert-OH is 1. The molecule has 7 nitrogen and oxygen atoms in total. The van der Waals surface area contributed by atoms with Gasteiger partial charge in [0.15, 0.2) is 9.84 Å². The van der Waals surface area contributed by atoms with Crippen molar-refractivity contribution in [3.63, 3.8) is 0 Å². The molecule has 2 heterocycles. The summed E-state index contributed by atoms with van der Waals surface area (Å²) < 4.78 is 24.8. The van der Waals surface area contributed by atoms with Crippen molar-refractivity contribution in [1.82, 2.24) is 9.88 Å². The number of nitrogens with zero attached hydrogens (tertiary/aromatic N) is 1. The Morgan fingerprint density at radius 1 is 1.18 bits per heavy atom. The predicted molar refractivity (Wildman–Crippen MR) is 131 cm³/mol. The Morgan fingerprint density at radius 3 is 2.73 bits per heavy atom. The number of nitrogens with one attached hydrogen (secondary N) is 2. The van der Waals surface area contributed by atoms with Crippen LogP contribution in [0.2, 0.25) is 0 Å². The first-order valence-corrected chi connectivity index (χ1v) is 13.4. The first-order valence-electron chi connectivity index (χ1n) is 11.8. The molecule has 1 aromatic carbocycles. The minimum Gasteiger partial charge on any atom is -0.395 e. The van der Waals surface area contributed by atoms with Crippen molar-refractivity contribution in [2.75, 3.05) is 37.8 Å². The molecule has 0 atom stereocenters. The molecular formula is C25H33N3O4S. The molecule has 8 heteroatoms. The smallest absolute Gasteiger partial charge is 0.256 e. The molecule has 4 rings (SSSR count). The zero-order chi connectivity index (χ0) is 23.6. The summed E-state index contributed by atoms with van der Waals surface area (Å²) >= 11 is 0. The number of aromatic nitrogens is 1. The van der Waals surface area contributed by atoms with E-state index >= 15 is 0 Å². The molecule has 0 radical (unpaired) electrons. The SMILES string of the molecule is CCS(=O)(=O)c1ccc2c(c1)C(=Cc1[nH]c3c(c1CCCN(C)CCO)CCCC3)C(=O)N2. The van der Waals surface area contributed by atoms with Crippen LogP contribution >= 0.6 is 0 Å². The van der Waals surface area contributed by atoms with Gasteiger partial charge in [-0.15, -0.1) is 0 Å². The van der Waals surface area contributed by atoms with E-state index in [2.05, 4.69) is 15.2 Å². The highest BCUT2D eigenvalue weighted by molar-refractivity contribution is 7.91. The van der Waals surface area contributed by atoms with Gasteiger partial charge in [0.2, 0.25) is 0 Å². The zero-order valence-corrected chi connectivity index (χ0v) is 20.2. The summed E-state index contributed by atoms with van der Waals surface area (Å²) in [6, 6.07) is 4.85. The summed E-state index contributed by atoms with van der Waals surface area (Å²) in [5.41, 5.74) is 6.61. The first kappa shape index (κ1) is 23.7. The molecule has 1 aliphatic heterocycles. The van der Waals surface area contributed by atoms with E-state index in [4.69, 9.17) is 5.11 Å². The van der Waals surface area contributed by atoms with E-state index in [0.29, 0.717) is 23.4 Å². The molecular weight excluding hydrogens is 438 g/mol. The molecule has 33 heavy (non-hydrogen) atoms. The minimum absolute atomic E-state index is 0.0183. The maximum atomic E-state index is 12.8. The van der Waals surface area contributed by atoms with E-state index in [1.807, 2.05) is 13.1 Å². The number of benzene rings is 1. The average molecular weight is 472 g/mol. The van der Waals surface area contributed by atoms with Crippen LogP contribution in [0.4, 0.5) is 5.69 Å². The number of aryl methyl sites for hydroxylation is 1. The van der Waals surface area contributed by atoms with Crippen LogP contribution in [-0.4, -0.2) is 61.8 Å². The standard InChI is InChI=1S/C25H33N3O4S/c1-3-33(31,32)17-10-11-23-20(15-17)21(25(30)27-23)16-24-19(8-6-12-28(2)13-14-29)18-7-4-5-9-22(18)26-24/h10-11,15-16,26,29H,3-9,12-14H2,1-2H3,(H,27,30). The Bertz CT molecular complexity index is 1180. The van der Waals surface area contributed by atoms with Crippen molar-refractivity contribution in [3.05, 3.63) is 46.3 Å². The van der Waals surface area contributed by atoms with Gasteiger partial charge in [-0.05, 0) is 87.5 Å². The van der Waals surface area contributed by atoms with E-state index in [1.165, 1.54) is 23.2 Å². The second-order valence-electron chi connectivity index (χ2n) is 8.93. The highest BCUT2D eigenvalue weighted by Crippen LogP contribution is 2.37. The Hall–Kier alpha value is -2.42. The normalized spacial score (nSPS) is 16.8. The fraction of sp³-hybridized carbons (Fsp3) is 0.480. The lowest BCUT2D eigenvalue weighted by Crippen LogP contribution is -2.23. The lowest BCUT2D eigenvalue weighted by atomic mass is 9.92. The van der Waals surface area contributed by atoms with Crippen LogP contribution in [0.1, 0.15) is 54.3 Å². The van der Waals surface area contributed by atoms with Gasteiger partial charge in [0.25, 0.3) is 5.91 Å². The number of rotatable bonds is 9. The molecule has 0 saturated heterocycles. The highest BCUT2D eigenvalue weighted by Gasteiger charge is 2.28. The number of carbonyl (C=O) groups excluding carboxylic acids is 1. The fourth-order valence-electron chi connectivity index (χ4n) is 4.81. The van der Waals surface area contributed by atoms with Crippen LogP contribution in [0.15, 0.2) is 23.1 Å². The van der Waals surface area contributed by atoms with Gasteiger partial charge in [-0.1, -0.05) is 6.92 Å². The molecule has 1 aromatic heterocycles. The number of likely N-dealkylation sites (N-methyl/N-ethyl adjacent to an activating group) is 1. The number of amides is 1. The molecule has 1 amide bonds. The minimum atomic E-state index is -3.37. The molecule has 1 aliphatic carbocycles. The molecule has 2 aliphatic rings. The van der Waals surface area contributed by atoms with Crippen molar-refractivity contribution in [2.24, 2.45) is 0 Å². The third-order valence-electron chi connectivity index (χ3n) is 6.69. The van der Waals surface area contributed by atoms with E-state index in [9.17, 15) is 13.2 Å². The molecule has 3 N–H and O–H groups in total. The summed E-state index contributed by atoms with van der Waals surface area (Å²) in [6.07, 6.45) is 8.12. The first-order chi connectivity index (χ1) is 15.8. The number of carbonyl (C=O) groups is 1. The maximum absolute atomic E-state index is 12.8. The number of aromatic amines is 1. The number of sulfone groups is 1. The van der Waals surface area contributed by atoms with Gasteiger partial charge in [0.1, 0.15) is 0 Å². The molecule has 0 spiro atoms. The van der Waals surface area contributed by atoms with Gasteiger partial charge >= 0.3 is 0 Å². The van der Waals surface area contributed by atoms with E-state index in [1.54, 1.807) is 25.1 Å². The van der Waals surface area contributed by atoms with Crippen LogP contribution in [0.5, 0.6) is 0 Å². The summed E-state index contributed by atoms with van der Waals surface area (Å²) in [5, 5.41) is 12.0. The Morgan fingerprint density at radius 2 is 1.97 bits per heavy atom. The topological polar surface area (TPSA) is 102 Å². The van der Waals surface area contributed by atoms with Crippen molar-refractivity contribution < 1.29 is 18.3 Å². The van der Waals surface area contributed by atoms with Crippen molar-refractivity contribution >= 4 is 33.1 Å². The van der Waals surface area contributed by atoms with Crippen molar-refractivity contribution in [2.45, 2.75) is 50.3 Å². The molecule has 178 valence electrons. The summed E-state index contributed by atoms with van der Waals surface area (Å²) in [5.74, 6) is -0.193. The number of aliphatic hydroxyl groups is 1. The van der Waals surface area contributed by atoms with Crippen LogP contribution in [0, 0.1) is 0 Å². The van der Waals surface area contributed by atoms with Crippen molar-refractivity contribution in [3.8, 4) is 0 Å². The largest absolute Gasteiger partial charge is 0.395 e. The molecule has 0 bridgehead atoms. The summed E-state index contributed by atoms with van der Waals surface area (Å²) in [6.45, 7) is 3.31. The summed E-state index contributed by atoms with van der Waals surface area (Å²) in [7, 11) is -1.36. The lowest BCUT2D eigenvalue weighted by Gasteiger charge is -2.16. The molecule has 0 unspecified atom stereocenters. The predicted octanol–water partition coefficient (Wildman–Crippen LogP) is 3.04. The van der Waals surface area contributed by atoms with Gasteiger partial charge < -0.3 is 20.3 Å². The third kappa shape index (κ3) is 4.93. The Labute approximate surface area is 195 Å². The molecule has 0 saturated carbocycles. The number of hydrogen-bond acceptors (Lipinski definition) is 5. The van der Waals surface area contributed by atoms with E-state index < -0.39 is 9.84 Å². The van der Waals surface area contributed by atoms with Crippen LogP contribution in [0.3, 0.4) is 0 Å². The quantitative estimate of drug-likeness (QED) is 0.488. The van der Waals surface area contributed by atoms with E-state index in [0.717, 1.165) is 44.3 Å².